The molecule has 0 saturated heterocycles. The molecule has 0 bridgehead atoms. The van der Waals surface area contributed by atoms with Crippen LogP contribution in [0.25, 0.3) is 0 Å². The van der Waals surface area contributed by atoms with E-state index in [0.717, 1.165) is 12.1 Å². The number of halogens is 2. The van der Waals surface area contributed by atoms with Gasteiger partial charge in [-0.1, -0.05) is 26.8 Å². The molecule has 4 nitrogen and oxygen atoms in total. The van der Waals surface area contributed by atoms with Gasteiger partial charge in [0.15, 0.2) is 0 Å². The Morgan fingerprint density at radius 3 is 2.05 bits per heavy atom. The Morgan fingerprint density at radius 1 is 1.15 bits per heavy atom. The summed E-state index contributed by atoms with van der Waals surface area (Å²) in [5, 5.41) is 4.79. The first kappa shape index (κ1) is 16.1. The van der Waals surface area contributed by atoms with Crippen LogP contribution in [-0.2, 0) is 4.79 Å². The van der Waals surface area contributed by atoms with Gasteiger partial charge in [0.25, 0.3) is 5.91 Å². The second kappa shape index (κ2) is 5.98. The van der Waals surface area contributed by atoms with Gasteiger partial charge >= 0.3 is 0 Å². The van der Waals surface area contributed by atoms with Gasteiger partial charge in [-0.3, -0.25) is 9.59 Å². The summed E-state index contributed by atoms with van der Waals surface area (Å²) >= 11 is 0. The SMILES string of the molecule is CNC(=O)C(NC(=O)c1c(F)cccc1F)C(C)(C)C. The lowest BCUT2D eigenvalue weighted by molar-refractivity contribution is -0.124. The summed E-state index contributed by atoms with van der Waals surface area (Å²) in [5.41, 5.74) is -1.29. The van der Waals surface area contributed by atoms with Gasteiger partial charge in [0, 0.05) is 7.05 Å². The van der Waals surface area contributed by atoms with E-state index in [4.69, 9.17) is 0 Å². The number of likely N-dealkylation sites (N-methyl/N-ethyl adjacent to an activating group) is 1. The summed E-state index contributed by atoms with van der Waals surface area (Å²) in [6.45, 7) is 5.22. The molecular formula is C14H18F2N2O2. The van der Waals surface area contributed by atoms with Crippen LogP contribution in [0.1, 0.15) is 31.1 Å². The number of hydrogen-bond acceptors (Lipinski definition) is 2. The van der Waals surface area contributed by atoms with Crippen LogP contribution in [0.3, 0.4) is 0 Å². The van der Waals surface area contributed by atoms with Gasteiger partial charge in [-0.2, -0.15) is 0 Å². The molecule has 0 aliphatic heterocycles. The zero-order chi connectivity index (χ0) is 15.5. The fraction of sp³-hybridized carbons (Fsp3) is 0.429. The maximum atomic E-state index is 13.5. The van der Waals surface area contributed by atoms with Crippen molar-refractivity contribution in [2.75, 3.05) is 7.05 Å². The van der Waals surface area contributed by atoms with Gasteiger partial charge in [0.1, 0.15) is 23.2 Å². The minimum Gasteiger partial charge on any atom is -0.357 e. The van der Waals surface area contributed by atoms with E-state index in [0.29, 0.717) is 0 Å². The highest BCUT2D eigenvalue weighted by Gasteiger charge is 2.33. The minimum absolute atomic E-state index is 0.428. The molecule has 2 amide bonds. The first-order valence-corrected chi connectivity index (χ1v) is 6.15. The normalized spacial score (nSPS) is 12.7. The lowest BCUT2D eigenvalue weighted by atomic mass is 9.86. The van der Waals surface area contributed by atoms with E-state index in [-0.39, 0.29) is 0 Å². The average Bonchev–Trinajstić information content (AvgIpc) is 2.33. The quantitative estimate of drug-likeness (QED) is 0.890. The zero-order valence-electron chi connectivity index (χ0n) is 11.9. The summed E-state index contributed by atoms with van der Waals surface area (Å²) in [4.78, 5) is 23.8. The highest BCUT2D eigenvalue weighted by atomic mass is 19.1. The molecule has 2 N–H and O–H groups in total. The van der Waals surface area contributed by atoms with Crippen LogP contribution in [0.2, 0.25) is 0 Å². The molecule has 1 rings (SSSR count). The van der Waals surface area contributed by atoms with Crippen molar-refractivity contribution in [2.24, 2.45) is 5.41 Å². The Morgan fingerprint density at radius 2 is 1.65 bits per heavy atom. The van der Waals surface area contributed by atoms with Crippen LogP contribution in [0, 0.1) is 17.0 Å². The predicted molar refractivity (Wildman–Crippen MR) is 71.1 cm³/mol. The fourth-order valence-electron chi connectivity index (χ4n) is 1.74. The Kier molecular flexibility index (Phi) is 4.81. The van der Waals surface area contributed by atoms with E-state index in [2.05, 4.69) is 10.6 Å². The van der Waals surface area contributed by atoms with Crippen LogP contribution >= 0.6 is 0 Å². The van der Waals surface area contributed by atoms with E-state index < -0.39 is 40.5 Å². The van der Waals surface area contributed by atoms with Crippen molar-refractivity contribution in [3.63, 3.8) is 0 Å². The molecule has 110 valence electrons. The molecule has 0 radical (unpaired) electrons. The van der Waals surface area contributed by atoms with Crippen LogP contribution in [0.4, 0.5) is 8.78 Å². The first-order chi connectivity index (χ1) is 9.18. The second-order valence-electron chi connectivity index (χ2n) is 5.48. The molecule has 6 heteroatoms. The van der Waals surface area contributed by atoms with Crippen LogP contribution in [-0.4, -0.2) is 24.9 Å². The van der Waals surface area contributed by atoms with E-state index >= 15 is 0 Å². The molecule has 0 aromatic heterocycles. The number of carbonyl (C=O) groups is 2. The van der Waals surface area contributed by atoms with E-state index in [9.17, 15) is 18.4 Å². The van der Waals surface area contributed by atoms with Crippen molar-refractivity contribution in [2.45, 2.75) is 26.8 Å². The summed E-state index contributed by atoms with van der Waals surface area (Å²) in [7, 11) is 1.43. The number of amides is 2. The van der Waals surface area contributed by atoms with Gasteiger partial charge < -0.3 is 10.6 Å². The van der Waals surface area contributed by atoms with Crippen LogP contribution in [0.5, 0.6) is 0 Å². The molecule has 0 aliphatic carbocycles. The topological polar surface area (TPSA) is 58.2 Å². The van der Waals surface area contributed by atoms with E-state index in [1.807, 2.05) is 0 Å². The molecule has 0 spiro atoms. The molecule has 0 fully saturated rings. The smallest absolute Gasteiger partial charge is 0.257 e. The summed E-state index contributed by atoms with van der Waals surface area (Å²) in [5.74, 6) is -3.31. The largest absolute Gasteiger partial charge is 0.357 e. The lowest BCUT2D eigenvalue weighted by Gasteiger charge is -2.29. The van der Waals surface area contributed by atoms with E-state index in [1.165, 1.54) is 13.1 Å². The standard InChI is InChI=1S/C14H18F2N2O2/c1-14(2,3)11(13(20)17-4)18-12(19)10-8(15)6-5-7-9(10)16/h5-7,11H,1-4H3,(H,17,20)(H,18,19). The Balaban J connectivity index is 3.06. The van der Waals surface area contributed by atoms with E-state index in [1.54, 1.807) is 20.8 Å². The Bertz CT molecular complexity index is 504. The number of rotatable bonds is 3. The number of benzene rings is 1. The Labute approximate surface area is 116 Å². The molecule has 1 aromatic rings. The molecule has 0 saturated carbocycles. The summed E-state index contributed by atoms with van der Waals surface area (Å²) in [6.07, 6.45) is 0. The third-order valence-electron chi connectivity index (χ3n) is 2.84. The molecule has 0 heterocycles. The van der Waals surface area contributed by atoms with Gasteiger partial charge in [0.2, 0.25) is 5.91 Å². The van der Waals surface area contributed by atoms with Gasteiger partial charge in [-0.05, 0) is 17.5 Å². The molecule has 20 heavy (non-hydrogen) atoms. The van der Waals surface area contributed by atoms with Crippen LogP contribution in [0.15, 0.2) is 18.2 Å². The molecule has 1 aromatic carbocycles. The van der Waals surface area contributed by atoms with Gasteiger partial charge in [-0.25, -0.2) is 8.78 Å². The first-order valence-electron chi connectivity index (χ1n) is 6.15. The monoisotopic (exact) mass is 284 g/mol. The average molecular weight is 284 g/mol. The molecule has 1 atom stereocenters. The van der Waals surface area contributed by atoms with Gasteiger partial charge in [-0.15, -0.1) is 0 Å². The van der Waals surface area contributed by atoms with Crippen LogP contribution < -0.4 is 10.6 Å². The predicted octanol–water partition coefficient (Wildman–Crippen LogP) is 1.86. The second-order valence-corrected chi connectivity index (χ2v) is 5.48. The van der Waals surface area contributed by atoms with Gasteiger partial charge in [0.05, 0.1) is 0 Å². The molecule has 1 unspecified atom stereocenters. The van der Waals surface area contributed by atoms with Crippen molar-refractivity contribution >= 4 is 11.8 Å². The van der Waals surface area contributed by atoms with Crippen molar-refractivity contribution in [1.29, 1.82) is 0 Å². The molecule has 0 aliphatic rings. The van der Waals surface area contributed by atoms with Crippen molar-refractivity contribution in [3.05, 3.63) is 35.4 Å². The summed E-state index contributed by atoms with van der Waals surface area (Å²) in [6, 6.07) is 2.24. The van der Waals surface area contributed by atoms with Crippen molar-refractivity contribution in [3.8, 4) is 0 Å². The zero-order valence-corrected chi connectivity index (χ0v) is 11.9. The third-order valence-corrected chi connectivity index (χ3v) is 2.84. The maximum absolute atomic E-state index is 13.5. The summed E-state index contributed by atoms with van der Waals surface area (Å²) < 4.78 is 27.1. The number of nitrogens with one attached hydrogen (secondary N) is 2. The minimum atomic E-state index is -0.966. The highest BCUT2D eigenvalue weighted by molar-refractivity contribution is 5.98. The number of carbonyl (C=O) groups excluding carboxylic acids is 2. The fourth-order valence-corrected chi connectivity index (χ4v) is 1.74. The highest BCUT2D eigenvalue weighted by Crippen LogP contribution is 2.21. The maximum Gasteiger partial charge on any atom is 0.257 e. The Hall–Kier alpha value is -1.98. The molecular weight excluding hydrogens is 266 g/mol. The lowest BCUT2D eigenvalue weighted by Crippen LogP contribution is -2.53. The third kappa shape index (κ3) is 3.53. The number of hydrogen-bond donors (Lipinski definition) is 2. The van der Waals surface area contributed by atoms with Crippen molar-refractivity contribution < 1.29 is 18.4 Å². The van der Waals surface area contributed by atoms with Crippen molar-refractivity contribution in [1.82, 2.24) is 10.6 Å².